The number of benzene rings is 1. The Morgan fingerprint density at radius 1 is 1.28 bits per heavy atom. The van der Waals surface area contributed by atoms with Gasteiger partial charge in [0.05, 0.1) is 12.7 Å². The van der Waals surface area contributed by atoms with Gasteiger partial charge in [0, 0.05) is 12.1 Å². The first-order valence-electron chi connectivity index (χ1n) is 6.55. The SMILES string of the molecule is C=CCCOC(CNC(C)(C)C)c1ccccc1. The molecule has 2 nitrogen and oxygen atoms in total. The van der Waals surface area contributed by atoms with E-state index in [9.17, 15) is 0 Å². The average Bonchev–Trinajstić information content (AvgIpc) is 2.33. The third kappa shape index (κ3) is 5.99. The molecule has 0 aliphatic heterocycles. The normalized spacial score (nSPS) is 13.3. The van der Waals surface area contributed by atoms with E-state index < -0.39 is 0 Å². The van der Waals surface area contributed by atoms with E-state index in [0.717, 1.165) is 19.6 Å². The zero-order valence-corrected chi connectivity index (χ0v) is 11.8. The van der Waals surface area contributed by atoms with Crippen LogP contribution in [-0.2, 0) is 4.74 Å². The summed E-state index contributed by atoms with van der Waals surface area (Å²) in [6, 6.07) is 10.4. The van der Waals surface area contributed by atoms with Gasteiger partial charge in [-0.2, -0.15) is 0 Å². The van der Waals surface area contributed by atoms with E-state index in [-0.39, 0.29) is 11.6 Å². The van der Waals surface area contributed by atoms with Crippen LogP contribution < -0.4 is 5.32 Å². The van der Waals surface area contributed by atoms with Crippen LogP contribution in [-0.4, -0.2) is 18.7 Å². The summed E-state index contributed by atoms with van der Waals surface area (Å²) in [5, 5.41) is 3.50. The van der Waals surface area contributed by atoms with Gasteiger partial charge in [0.15, 0.2) is 0 Å². The highest BCUT2D eigenvalue weighted by atomic mass is 16.5. The van der Waals surface area contributed by atoms with Crippen molar-refractivity contribution in [1.29, 1.82) is 0 Å². The van der Waals surface area contributed by atoms with Crippen LogP contribution in [0.1, 0.15) is 38.9 Å². The Morgan fingerprint density at radius 2 is 1.94 bits per heavy atom. The number of ether oxygens (including phenoxy) is 1. The summed E-state index contributed by atoms with van der Waals surface area (Å²) in [6.07, 6.45) is 2.88. The van der Waals surface area contributed by atoms with Gasteiger partial charge in [-0.3, -0.25) is 0 Å². The lowest BCUT2D eigenvalue weighted by Gasteiger charge is -2.25. The van der Waals surface area contributed by atoms with E-state index in [1.165, 1.54) is 5.56 Å². The van der Waals surface area contributed by atoms with Gasteiger partial charge in [0.25, 0.3) is 0 Å². The largest absolute Gasteiger partial charge is 0.372 e. The zero-order valence-electron chi connectivity index (χ0n) is 11.8. The molecule has 1 aromatic carbocycles. The van der Waals surface area contributed by atoms with Gasteiger partial charge in [-0.15, -0.1) is 6.58 Å². The van der Waals surface area contributed by atoms with E-state index in [0.29, 0.717) is 0 Å². The monoisotopic (exact) mass is 247 g/mol. The molecule has 0 radical (unpaired) electrons. The lowest BCUT2D eigenvalue weighted by Crippen LogP contribution is -2.39. The number of hydrogen-bond acceptors (Lipinski definition) is 2. The van der Waals surface area contributed by atoms with E-state index in [2.05, 4.69) is 56.9 Å². The molecule has 0 amide bonds. The summed E-state index contributed by atoms with van der Waals surface area (Å²) in [6.45, 7) is 11.8. The number of rotatable bonds is 7. The summed E-state index contributed by atoms with van der Waals surface area (Å²) in [7, 11) is 0. The summed E-state index contributed by atoms with van der Waals surface area (Å²) >= 11 is 0. The first-order valence-corrected chi connectivity index (χ1v) is 6.55. The molecule has 1 N–H and O–H groups in total. The van der Waals surface area contributed by atoms with Gasteiger partial charge in [-0.1, -0.05) is 36.4 Å². The molecule has 0 aromatic heterocycles. The second kappa shape index (κ2) is 7.34. The van der Waals surface area contributed by atoms with Gasteiger partial charge in [-0.05, 0) is 32.8 Å². The van der Waals surface area contributed by atoms with E-state index in [1.54, 1.807) is 0 Å². The first-order chi connectivity index (χ1) is 8.53. The Bertz CT molecular complexity index is 340. The van der Waals surface area contributed by atoms with Gasteiger partial charge in [-0.25, -0.2) is 0 Å². The van der Waals surface area contributed by atoms with Crippen molar-refractivity contribution in [1.82, 2.24) is 5.32 Å². The van der Waals surface area contributed by atoms with Crippen molar-refractivity contribution >= 4 is 0 Å². The molecule has 0 aliphatic carbocycles. The molecule has 1 atom stereocenters. The van der Waals surface area contributed by atoms with Crippen LogP contribution in [0, 0.1) is 0 Å². The van der Waals surface area contributed by atoms with Gasteiger partial charge in [0.1, 0.15) is 0 Å². The summed E-state index contributed by atoms with van der Waals surface area (Å²) in [4.78, 5) is 0. The maximum Gasteiger partial charge on any atom is 0.0949 e. The molecule has 0 fully saturated rings. The van der Waals surface area contributed by atoms with E-state index >= 15 is 0 Å². The predicted molar refractivity (Wildman–Crippen MR) is 77.7 cm³/mol. The van der Waals surface area contributed by atoms with Crippen LogP contribution in [0.15, 0.2) is 43.0 Å². The molecular formula is C16H25NO. The highest BCUT2D eigenvalue weighted by Gasteiger charge is 2.15. The van der Waals surface area contributed by atoms with Crippen molar-refractivity contribution in [2.75, 3.05) is 13.2 Å². The zero-order chi connectivity index (χ0) is 13.4. The minimum atomic E-state index is 0.102. The maximum absolute atomic E-state index is 5.93. The van der Waals surface area contributed by atoms with Crippen molar-refractivity contribution in [3.63, 3.8) is 0 Å². The maximum atomic E-state index is 5.93. The molecule has 0 saturated heterocycles. The van der Waals surface area contributed by atoms with Crippen molar-refractivity contribution in [2.45, 2.75) is 38.8 Å². The summed E-state index contributed by atoms with van der Waals surface area (Å²) in [5.41, 5.74) is 1.33. The fourth-order valence-electron chi connectivity index (χ4n) is 1.63. The topological polar surface area (TPSA) is 21.3 Å². The lowest BCUT2D eigenvalue weighted by atomic mass is 10.1. The molecule has 1 aromatic rings. The van der Waals surface area contributed by atoms with Crippen molar-refractivity contribution in [3.8, 4) is 0 Å². The van der Waals surface area contributed by atoms with Crippen LogP contribution in [0.2, 0.25) is 0 Å². The van der Waals surface area contributed by atoms with Gasteiger partial charge >= 0.3 is 0 Å². The molecule has 18 heavy (non-hydrogen) atoms. The van der Waals surface area contributed by atoms with Gasteiger partial charge in [0.2, 0.25) is 0 Å². The second-order valence-corrected chi connectivity index (χ2v) is 5.48. The third-order valence-electron chi connectivity index (χ3n) is 2.63. The molecule has 0 spiro atoms. The molecular weight excluding hydrogens is 222 g/mol. The smallest absolute Gasteiger partial charge is 0.0949 e. The Labute approximate surface area is 111 Å². The minimum absolute atomic E-state index is 0.102. The van der Waals surface area contributed by atoms with Crippen LogP contribution >= 0.6 is 0 Å². The molecule has 0 saturated carbocycles. The number of hydrogen-bond donors (Lipinski definition) is 1. The van der Waals surface area contributed by atoms with Crippen molar-refractivity contribution in [2.24, 2.45) is 0 Å². The standard InChI is InChI=1S/C16H25NO/c1-5-6-12-18-15(13-17-16(2,3)4)14-10-8-7-9-11-14/h5,7-11,15,17H,1,6,12-13H2,2-4H3. The Balaban J connectivity index is 2.60. The van der Waals surface area contributed by atoms with Crippen molar-refractivity contribution < 1.29 is 4.74 Å². The van der Waals surface area contributed by atoms with Crippen LogP contribution in [0.25, 0.3) is 0 Å². The highest BCUT2D eigenvalue weighted by Crippen LogP contribution is 2.17. The fraction of sp³-hybridized carbons (Fsp3) is 0.500. The highest BCUT2D eigenvalue weighted by molar-refractivity contribution is 5.18. The first kappa shape index (κ1) is 14.9. The predicted octanol–water partition coefficient (Wildman–Crippen LogP) is 3.71. The Hall–Kier alpha value is -1.12. The van der Waals surface area contributed by atoms with E-state index in [1.807, 2.05) is 12.1 Å². The van der Waals surface area contributed by atoms with Crippen molar-refractivity contribution in [3.05, 3.63) is 48.6 Å². The molecule has 100 valence electrons. The molecule has 1 unspecified atom stereocenters. The average molecular weight is 247 g/mol. The molecule has 2 heteroatoms. The molecule has 1 rings (SSSR count). The Kier molecular flexibility index (Phi) is 6.10. The van der Waals surface area contributed by atoms with Crippen LogP contribution in [0.4, 0.5) is 0 Å². The van der Waals surface area contributed by atoms with Gasteiger partial charge < -0.3 is 10.1 Å². The summed E-state index contributed by atoms with van der Waals surface area (Å²) < 4.78 is 5.93. The lowest BCUT2D eigenvalue weighted by molar-refractivity contribution is 0.0514. The number of nitrogens with one attached hydrogen (secondary N) is 1. The van der Waals surface area contributed by atoms with Crippen LogP contribution in [0.5, 0.6) is 0 Å². The minimum Gasteiger partial charge on any atom is -0.372 e. The quantitative estimate of drug-likeness (QED) is 0.586. The molecule has 0 aliphatic rings. The summed E-state index contributed by atoms with van der Waals surface area (Å²) in [5.74, 6) is 0. The fourth-order valence-corrected chi connectivity index (χ4v) is 1.63. The van der Waals surface area contributed by atoms with Crippen LogP contribution in [0.3, 0.4) is 0 Å². The second-order valence-electron chi connectivity index (χ2n) is 5.48. The van der Waals surface area contributed by atoms with E-state index in [4.69, 9.17) is 4.74 Å². The molecule has 0 heterocycles. The molecule has 0 bridgehead atoms. The third-order valence-corrected chi connectivity index (χ3v) is 2.63. The Morgan fingerprint density at radius 3 is 2.50 bits per heavy atom.